The lowest BCUT2D eigenvalue weighted by Gasteiger charge is -2.10. The first-order chi connectivity index (χ1) is 6.72. The minimum absolute atomic E-state index is 1.06. The molecule has 1 rings (SSSR count). The molecule has 0 bridgehead atoms. The fraction of sp³-hybridized carbons (Fsp3) is 0.462. The predicted octanol–water partition coefficient (Wildman–Crippen LogP) is 3.84. The Bertz CT molecular complexity index is 312. The van der Waals surface area contributed by atoms with Crippen LogP contribution in [0.1, 0.15) is 37.5 Å². The number of aliphatic imine (C=N–C) groups is 1. The number of hydrogen-bond acceptors (Lipinski definition) is 1. The van der Waals surface area contributed by atoms with Crippen LogP contribution in [0, 0.1) is 6.92 Å². The lowest BCUT2D eigenvalue weighted by molar-refractivity contribution is 1.07. The van der Waals surface area contributed by atoms with Crippen LogP contribution in [0.15, 0.2) is 17.1 Å². The average molecular weight is 189 g/mol. The second kappa shape index (κ2) is 4.94. The summed E-state index contributed by atoms with van der Waals surface area (Å²) in [5, 5.41) is 0. The van der Waals surface area contributed by atoms with Crippen molar-refractivity contribution >= 4 is 11.9 Å². The van der Waals surface area contributed by atoms with Gasteiger partial charge in [0.05, 0.1) is 5.69 Å². The molecule has 14 heavy (non-hydrogen) atoms. The SMILES string of the molecule is CC=Nc1c(CC)cc(C)cc1CC. The highest BCUT2D eigenvalue weighted by atomic mass is 14.7. The molecule has 0 saturated carbocycles. The molecule has 0 N–H and O–H groups in total. The van der Waals surface area contributed by atoms with Crippen LogP contribution < -0.4 is 0 Å². The molecular weight excluding hydrogens is 170 g/mol. The number of hydrogen-bond donors (Lipinski definition) is 0. The van der Waals surface area contributed by atoms with Crippen molar-refractivity contribution in [2.24, 2.45) is 4.99 Å². The van der Waals surface area contributed by atoms with Crippen LogP contribution in [0.25, 0.3) is 0 Å². The lowest BCUT2D eigenvalue weighted by Crippen LogP contribution is -1.91. The molecular formula is C13H19N. The smallest absolute Gasteiger partial charge is 0.0689 e. The fourth-order valence-corrected chi connectivity index (χ4v) is 1.77. The molecule has 0 atom stereocenters. The lowest BCUT2D eigenvalue weighted by atomic mass is 10.00. The summed E-state index contributed by atoms with van der Waals surface area (Å²) in [4.78, 5) is 4.46. The van der Waals surface area contributed by atoms with Gasteiger partial charge in [-0.2, -0.15) is 0 Å². The Morgan fingerprint density at radius 1 is 1.14 bits per heavy atom. The van der Waals surface area contributed by atoms with Gasteiger partial charge in [0.1, 0.15) is 0 Å². The Hall–Kier alpha value is -1.11. The molecule has 1 nitrogen and oxygen atoms in total. The molecule has 76 valence electrons. The van der Waals surface area contributed by atoms with Gasteiger partial charge in [-0.15, -0.1) is 0 Å². The van der Waals surface area contributed by atoms with E-state index in [1.54, 1.807) is 0 Å². The van der Waals surface area contributed by atoms with E-state index >= 15 is 0 Å². The molecule has 0 radical (unpaired) electrons. The molecule has 0 aliphatic rings. The molecule has 0 unspecified atom stereocenters. The minimum Gasteiger partial charge on any atom is -0.261 e. The highest BCUT2D eigenvalue weighted by Crippen LogP contribution is 2.27. The first kappa shape index (κ1) is 11.0. The average Bonchev–Trinajstić information content (AvgIpc) is 2.20. The van der Waals surface area contributed by atoms with Crippen LogP contribution >= 0.6 is 0 Å². The molecule has 1 aromatic rings. The summed E-state index contributed by atoms with van der Waals surface area (Å²) in [6, 6.07) is 4.48. The van der Waals surface area contributed by atoms with Crippen molar-refractivity contribution < 1.29 is 0 Å². The largest absolute Gasteiger partial charge is 0.261 e. The first-order valence-electron chi connectivity index (χ1n) is 5.34. The van der Waals surface area contributed by atoms with Gasteiger partial charge in [-0.25, -0.2) is 0 Å². The number of benzene rings is 1. The number of aryl methyl sites for hydroxylation is 3. The maximum Gasteiger partial charge on any atom is 0.0689 e. The topological polar surface area (TPSA) is 12.4 Å². The van der Waals surface area contributed by atoms with Crippen molar-refractivity contribution in [1.29, 1.82) is 0 Å². The second-order valence-electron chi connectivity index (χ2n) is 3.53. The van der Waals surface area contributed by atoms with Crippen molar-refractivity contribution in [2.45, 2.75) is 40.5 Å². The van der Waals surface area contributed by atoms with Gasteiger partial charge in [0.2, 0.25) is 0 Å². The van der Waals surface area contributed by atoms with E-state index in [9.17, 15) is 0 Å². The summed E-state index contributed by atoms with van der Waals surface area (Å²) in [6.45, 7) is 8.49. The standard InChI is InChI=1S/C13H19N/c1-5-11-8-10(4)9-12(6-2)13(11)14-7-3/h7-9H,5-6H2,1-4H3. The van der Waals surface area contributed by atoms with Gasteiger partial charge in [0.25, 0.3) is 0 Å². The third-order valence-electron chi connectivity index (χ3n) is 2.43. The molecule has 0 fully saturated rings. The Kier molecular flexibility index (Phi) is 3.87. The second-order valence-corrected chi connectivity index (χ2v) is 3.53. The molecule has 1 aromatic carbocycles. The third kappa shape index (κ3) is 2.22. The summed E-state index contributed by atoms with van der Waals surface area (Å²) >= 11 is 0. The first-order valence-corrected chi connectivity index (χ1v) is 5.34. The van der Waals surface area contributed by atoms with Gasteiger partial charge in [0.15, 0.2) is 0 Å². The quantitative estimate of drug-likeness (QED) is 0.640. The molecule has 0 heterocycles. The van der Waals surface area contributed by atoms with E-state index in [4.69, 9.17) is 0 Å². The van der Waals surface area contributed by atoms with E-state index in [1.807, 2.05) is 13.1 Å². The zero-order valence-corrected chi connectivity index (χ0v) is 9.59. The van der Waals surface area contributed by atoms with Crippen LogP contribution in [-0.2, 0) is 12.8 Å². The fourth-order valence-electron chi connectivity index (χ4n) is 1.77. The van der Waals surface area contributed by atoms with Crippen molar-refractivity contribution in [3.8, 4) is 0 Å². The maximum absolute atomic E-state index is 4.46. The molecule has 0 spiro atoms. The van der Waals surface area contributed by atoms with E-state index in [-0.39, 0.29) is 0 Å². The van der Waals surface area contributed by atoms with E-state index < -0.39 is 0 Å². The van der Waals surface area contributed by atoms with Gasteiger partial charge in [-0.1, -0.05) is 31.5 Å². The van der Waals surface area contributed by atoms with E-state index in [0.29, 0.717) is 0 Å². The van der Waals surface area contributed by atoms with E-state index in [1.165, 1.54) is 22.4 Å². The van der Waals surface area contributed by atoms with Crippen LogP contribution in [-0.4, -0.2) is 6.21 Å². The predicted molar refractivity (Wildman–Crippen MR) is 63.8 cm³/mol. The molecule has 0 aromatic heterocycles. The van der Waals surface area contributed by atoms with Crippen LogP contribution in [0.5, 0.6) is 0 Å². The monoisotopic (exact) mass is 189 g/mol. The number of rotatable bonds is 3. The molecule has 0 saturated heterocycles. The Labute approximate surface area is 86.9 Å². The van der Waals surface area contributed by atoms with Crippen molar-refractivity contribution in [2.75, 3.05) is 0 Å². The number of nitrogens with zero attached hydrogens (tertiary/aromatic N) is 1. The van der Waals surface area contributed by atoms with Crippen LogP contribution in [0.2, 0.25) is 0 Å². The Balaban J connectivity index is 3.32. The third-order valence-corrected chi connectivity index (χ3v) is 2.43. The highest BCUT2D eigenvalue weighted by molar-refractivity contribution is 5.65. The summed E-state index contributed by atoms with van der Waals surface area (Å²) in [6.07, 6.45) is 3.99. The van der Waals surface area contributed by atoms with Crippen LogP contribution in [0.4, 0.5) is 5.69 Å². The summed E-state index contributed by atoms with van der Waals surface area (Å²) in [5.41, 5.74) is 5.25. The van der Waals surface area contributed by atoms with Crippen LogP contribution in [0.3, 0.4) is 0 Å². The van der Waals surface area contributed by atoms with Gasteiger partial charge >= 0.3 is 0 Å². The maximum atomic E-state index is 4.46. The summed E-state index contributed by atoms with van der Waals surface area (Å²) in [7, 11) is 0. The van der Waals surface area contributed by atoms with Crippen molar-refractivity contribution in [3.05, 3.63) is 28.8 Å². The minimum atomic E-state index is 1.06. The van der Waals surface area contributed by atoms with Crippen molar-refractivity contribution in [3.63, 3.8) is 0 Å². The van der Waals surface area contributed by atoms with E-state index in [0.717, 1.165) is 12.8 Å². The Morgan fingerprint density at radius 2 is 1.64 bits per heavy atom. The van der Waals surface area contributed by atoms with Gasteiger partial charge in [-0.05, 0) is 37.8 Å². The molecule has 0 aliphatic heterocycles. The van der Waals surface area contributed by atoms with Gasteiger partial charge < -0.3 is 0 Å². The summed E-state index contributed by atoms with van der Waals surface area (Å²) < 4.78 is 0. The molecule has 0 amide bonds. The van der Waals surface area contributed by atoms with E-state index in [2.05, 4.69) is 37.9 Å². The van der Waals surface area contributed by atoms with Gasteiger partial charge in [-0.3, -0.25) is 4.99 Å². The highest BCUT2D eigenvalue weighted by Gasteiger charge is 2.05. The Morgan fingerprint density at radius 3 is 2.00 bits per heavy atom. The normalized spacial score (nSPS) is 11.1. The van der Waals surface area contributed by atoms with Gasteiger partial charge in [0, 0.05) is 6.21 Å². The molecule has 0 aliphatic carbocycles. The zero-order chi connectivity index (χ0) is 10.6. The molecule has 1 heteroatoms. The van der Waals surface area contributed by atoms with Crippen molar-refractivity contribution in [1.82, 2.24) is 0 Å². The summed E-state index contributed by atoms with van der Waals surface area (Å²) in [5.74, 6) is 0. The zero-order valence-electron chi connectivity index (χ0n) is 9.59.